The third-order valence-electron chi connectivity index (χ3n) is 2.87. The number of nitro groups is 1. The fourth-order valence-electron chi connectivity index (χ4n) is 1.66. The summed E-state index contributed by atoms with van der Waals surface area (Å²) in [5.41, 5.74) is 2.78. The zero-order valence-electron chi connectivity index (χ0n) is 12.4. The molecule has 25 heavy (non-hydrogen) atoms. The van der Waals surface area contributed by atoms with Crippen molar-refractivity contribution in [2.45, 2.75) is 0 Å². The van der Waals surface area contributed by atoms with Gasteiger partial charge in [0, 0.05) is 17.8 Å². The highest BCUT2D eigenvalue weighted by Crippen LogP contribution is 2.24. The largest absolute Gasteiger partial charge is 0.329 e. The molecule has 8 nitrogen and oxygen atoms in total. The van der Waals surface area contributed by atoms with Gasteiger partial charge in [-0.3, -0.25) is 19.7 Å². The van der Waals surface area contributed by atoms with Crippen LogP contribution in [0.4, 0.5) is 11.4 Å². The van der Waals surface area contributed by atoms with Crippen LogP contribution in [0, 0.1) is 10.1 Å². The van der Waals surface area contributed by atoms with Crippen LogP contribution in [0.15, 0.2) is 47.6 Å². The Labute approximate surface area is 151 Å². The summed E-state index contributed by atoms with van der Waals surface area (Å²) in [5, 5.41) is 17.0. The van der Waals surface area contributed by atoms with Gasteiger partial charge in [0.2, 0.25) is 0 Å². The van der Waals surface area contributed by atoms with Crippen LogP contribution in [0.1, 0.15) is 5.56 Å². The van der Waals surface area contributed by atoms with Gasteiger partial charge in [-0.15, -0.1) is 0 Å². The maximum absolute atomic E-state index is 11.7. The van der Waals surface area contributed by atoms with Crippen molar-refractivity contribution in [3.63, 3.8) is 0 Å². The number of hydrazone groups is 1. The smallest absolute Gasteiger partial charge is 0.318 e. The average Bonchev–Trinajstić information content (AvgIpc) is 2.58. The first-order valence-corrected chi connectivity index (χ1v) is 7.46. The lowest BCUT2D eigenvalue weighted by atomic mass is 10.2. The van der Waals surface area contributed by atoms with E-state index < -0.39 is 16.7 Å². The Bertz CT molecular complexity index is 853. The van der Waals surface area contributed by atoms with E-state index in [0.29, 0.717) is 16.3 Å². The van der Waals surface area contributed by atoms with Crippen LogP contribution in [0.25, 0.3) is 0 Å². The van der Waals surface area contributed by atoms with Gasteiger partial charge in [-0.2, -0.15) is 5.10 Å². The third-order valence-corrected chi connectivity index (χ3v) is 3.61. The highest BCUT2D eigenvalue weighted by molar-refractivity contribution is 6.42. The Kier molecular flexibility index (Phi) is 6.04. The minimum absolute atomic E-state index is 0.0674. The van der Waals surface area contributed by atoms with Gasteiger partial charge in [-0.25, -0.2) is 5.43 Å². The van der Waals surface area contributed by atoms with E-state index in [1.165, 1.54) is 48.7 Å². The summed E-state index contributed by atoms with van der Waals surface area (Å²) in [6.45, 7) is 0. The first kappa shape index (κ1) is 18.4. The standard InChI is InChI=1S/C15H10Cl2N4O4/c16-12-6-3-10(7-13(12)17)19-14(22)15(23)20-18-8-9-1-4-11(5-2-9)21(24)25/h1-8H,(H,19,22)(H,20,23)/b18-8-. The number of nitro benzene ring substituents is 1. The lowest BCUT2D eigenvalue weighted by Crippen LogP contribution is -2.32. The molecule has 10 heteroatoms. The molecule has 2 N–H and O–H groups in total. The van der Waals surface area contributed by atoms with Gasteiger partial charge in [-0.1, -0.05) is 23.2 Å². The quantitative estimate of drug-likeness (QED) is 0.367. The number of carbonyl (C=O) groups is 2. The predicted molar refractivity (Wildman–Crippen MR) is 93.9 cm³/mol. The number of rotatable bonds is 4. The lowest BCUT2D eigenvalue weighted by molar-refractivity contribution is -0.384. The van der Waals surface area contributed by atoms with Crippen molar-refractivity contribution in [3.8, 4) is 0 Å². The number of nitrogens with one attached hydrogen (secondary N) is 2. The molecule has 0 fully saturated rings. The number of non-ortho nitro benzene ring substituents is 1. The number of amides is 2. The number of anilines is 1. The summed E-state index contributed by atoms with van der Waals surface area (Å²) in [6, 6.07) is 9.84. The molecule has 2 aromatic rings. The van der Waals surface area contributed by atoms with Gasteiger partial charge in [0.05, 0.1) is 21.2 Å². The Morgan fingerprint density at radius 3 is 2.32 bits per heavy atom. The van der Waals surface area contributed by atoms with E-state index in [4.69, 9.17) is 23.2 Å². The maximum Gasteiger partial charge on any atom is 0.329 e. The molecule has 0 unspecified atom stereocenters. The third kappa shape index (κ3) is 5.27. The molecule has 0 aromatic heterocycles. The second-order valence-electron chi connectivity index (χ2n) is 4.63. The molecule has 0 radical (unpaired) electrons. The normalized spacial score (nSPS) is 10.5. The molecular formula is C15H10Cl2N4O4. The summed E-state index contributed by atoms with van der Waals surface area (Å²) in [5.74, 6) is -1.94. The number of halogens is 2. The number of carbonyl (C=O) groups excluding carboxylic acids is 2. The molecule has 0 atom stereocenters. The zero-order valence-corrected chi connectivity index (χ0v) is 13.9. The van der Waals surface area contributed by atoms with Crippen molar-refractivity contribution in [2.24, 2.45) is 5.10 Å². The molecule has 2 rings (SSSR count). The van der Waals surface area contributed by atoms with E-state index in [2.05, 4.69) is 10.4 Å². The van der Waals surface area contributed by atoms with Crippen molar-refractivity contribution >= 4 is 52.6 Å². The van der Waals surface area contributed by atoms with E-state index in [9.17, 15) is 19.7 Å². The topological polar surface area (TPSA) is 114 Å². The van der Waals surface area contributed by atoms with Gasteiger partial charge in [-0.05, 0) is 35.9 Å². The Morgan fingerprint density at radius 2 is 1.72 bits per heavy atom. The molecule has 0 spiro atoms. The SMILES string of the molecule is O=C(N/N=C\c1ccc([N+](=O)[O-])cc1)C(=O)Nc1ccc(Cl)c(Cl)c1. The van der Waals surface area contributed by atoms with E-state index in [1.807, 2.05) is 5.43 Å². The molecule has 0 saturated heterocycles. The van der Waals surface area contributed by atoms with E-state index in [0.717, 1.165) is 0 Å². The number of hydrogen-bond donors (Lipinski definition) is 2. The average molecular weight is 381 g/mol. The number of nitrogens with zero attached hydrogens (tertiary/aromatic N) is 2. The molecule has 2 aromatic carbocycles. The minimum atomic E-state index is -0.996. The van der Waals surface area contributed by atoms with Gasteiger partial charge in [0.15, 0.2) is 0 Å². The zero-order chi connectivity index (χ0) is 18.4. The number of benzene rings is 2. The van der Waals surface area contributed by atoms with Gasteiger partial charge < -0.3 is 5.32 Å². The van der Waals surface area contributed by atoms with E-state index in [1.54, 1.807) is 0 Å². The molecule has 0 aliphatic heterocycles. The molecule has 2 amide bonds. The van der Waals surface area contributed by atoms with Crippen LogP contribution in [-0.4, -0.2) is 23.0 Å². The minimum Gasteiger partial charge on any atom is -0.318 e. The highest BCUT2D eigenvalue weighted by Gasteiger charge is 2.13. The van der Waals surface area contributed by atoms with Crippen LogP contribution in [0.5, 0.6) is 0 Å². The summed E-state index contributed by atoms with van der Waals surface area (Å²) in [6.07, 6.45) is 1.24. The monoisotopic (exact) mass is 380 g/mol. The predicted octanol–water partition coefficient (Wildman–Crippen LogP) is 2.99. The van der Waals surface area contributed by atoms with Gasteiger partial charge in [0.25, 0.3) is 5.69 Å². The first-order valence-electron chi connectivity index (χ1n) is 6.70. The second kappa shape index (κ2) is 8.22. The fraction of sp³-hybridized carbons (Fsp3) is 0. The van der Waals surface area contributed by atoms with Crippen LogP contribution >= 0.6 is 23.2 Å². The Balaban J connectivity index is 1.91. The van der Waals surface area contributed by atoms with Gasteiger partial charge in [0.1, 0.15) is 0 Å². The molecule has 0 aliphatic rings. The second-order valence-corrected chi connectivity index (χ2v) is 5.45. The first-order chi connectivity index (χ1) is 11.9. The molecule has 128 valence electrons. The molecular weight excluding hydrogens is 371 g/mol. The molecule has 0 bridgehead atoms. The number of hydrogen-bond acceptors (Lipinski definition) is 5. The summed E-state index contributed by atoms with van der Waals surface area (Å²) >= 11 is 11.6. The summed E-state index contributed by atoms with van der Waals surface area (Å²) in [7, 11) is 0. The molecule has 0 aliphatic carbocycles. The van der Waals surface area contributed by atoms with E-state index >= 15 is 0 Å². The summed E-state index contributed by atoms with van der Waals surface area (Å²) < 4.78 is 0. The van der Waals surface area contributed by atoms with Crippen molar-refractivity contribution < 1.29 is 14.5 Å². The van der Waals surface area contributed by atoms with Crippen molar-refractivity contribution in [3.05, 3.63) is 68.2 Å². The van der Waals surface area contributed by atoms with Crippen LogP contribution in [0.2, 0.25) is 10.0 Å². The maximum atomic E-state index is 11.7. The van der Waals surface area contributed by atoms with Crippen LogP contribution in [0.3, 0.4) is 0 Å². The molecule has 0 saturated carbocycles. The summed E-state index contributed by atoms with van der Waals surface area (Å²) in [4.78, 5) is 33.4. The Morgan fingerprint density at radius 1 is 1.04 bits per heavy atom. The van der Waals surface area contributed by atoms with Crippen molar-refractivity contribution in [2.75, 3.05) is 5.32 Å². The van der Waals surface area contributed by atoms with Crippen LogP contribution < -0.4 is 10.7 Å². The molecule has 0 heterocycles. The van der Waals surface area contributed by atoms with Crippen molar-refractivity contribution in [1.82, 2.24) is 5.43 Å². The Hall–Kier alpha value is -2.97. The lowest BCUT2D eigenvalue weighted by Gasteiger charge is -2.05. The fourth-order valence-corrected chi connectivity index (χ4v) is 1.96. The van der Waals surface area contributed by atoms with Crippen molar-refractivity contribution in [1.29, 1.82) is 0 Å². The van der Waals surface area contributed by atoms with Gasteiger partial charge >= 0.3 is 11.8 Å². The van der Waals surface area contributed by atoms with E-state index in [-0.39, 0.29) is 10.7 Å². The highest BCUT2D eigenvalue weighted by atomic mass is 35.5. The van der Waals surface area contributed by atoms with Crippen LogP contribution in [-0.2, 0) is 9.59 Å².